The number of nitrogens with zero attached hydrogens (tertiary/aromatic N) is 1. The molecule has 30 heavy (non-hydrogen) atoms. The molecule has 154 valence electrons. The molecule has 2 aromatic carbocycles. The SMILES string of the molecule is COc1ccc2c(c1)[C@@]13CCCC[C@H]1[C@H](C2)N(C(=O)c1ccc2[nH]ccc2c1)CC3. The molecule has 3 aromatic rings. The lowest BCUT2D eigenvalue weighted by Gasteiger charge is -2.59. The number of benzene rings is 2. The summed E-state index contributed by atoms with van der Waals surface area (Å²) in [6.45, 7) is 0.849. The van der Waals surface area contributed by atoms with Gasteiger partial charge in [0.05, 0.1) is 7.11 Å². The lowest BCUT2D eigenvalue weighted by Crippen LogP contribution is -2.62. The molecule has 1 aromatic heterocycles. The first-order valence-corrected chi connectivity index (χ1v) is 11.3. The van der Waals surface area contributed by atoms with Crippen LogP contribution in [-0.4, -0.2) is 35.5 Å². The number of fused-ring (bicyclic) bond motifs is 2. The van der Waals surface area contributed by atoms with Crippen molar-refractivity contribution >= 4 is 16.8 Å². The van der Waals surface area contributed by atoms with Gasteiger partial charge in [-0.15, -0.1) is 0 Å². The fourth-order valence-corrected chi connectivity index (χ4v) is 6.72. The maximum absolute atomic E-state index is 13.6. The summed E-state index contributed by atoms with van der Waals surface area (Å²) in [5.41, 5.74) is 5.02. The number of aromatic nitrogens is 1. The van der Waals surface area contributed by atoms with E-state index in [1.165, 1.54) is 36.8 Å². The Morgan fingerprint density at radius 3 is 2.97 bits per heavy atom. The molecule has 1 saturated carbocycles. The van der Waals surface area contributed by atoms with E-state index in [0.29, 0.717) is 12.0 Å². The van der Waals surface area contributed by atoms with Crippen LogP contribution in [0.4, 0.5) is 0 Å². The van der Waals surface area contributed by atoms with Gasteiger partial charge in [-0.25, -0.2) is 0 Å². The van der Waals surface area contributed by atoms with Crippen LogP contribution in [0.3, 0.4) is 0 Å². The molecule has 1 N–H and O–H groups in total. The van der Waals surface area contributed by atoms with Crippen LogP contribution in [0.25, 0.3) is 10.9 Å². The third kappa shape index (κ3) is 2.49. The highest BCUT2D eigenvalue weighted by molar-refractivity contribution is 5.98. The predicted molar refractivity (Wildman–Crippen MR) is 118 cm³/mol. The first-order chi connectivity index (χ1) is 14.7. The summed E-state index contributed by atoms with van der Waals surface area (Å²) < 4.78 is 5.57. The highest BCUT2D eigenvalue weighted by atomic mass is 16.5. The fraction of sp³-hybridized carbons (Fsp3) is 0.423. The van der Waals surface area contributed by atoms with Gasteiger partial charge < -0.3 is 14.6 Å². The third-order valence-electron chi connectivity index (χ3n) is 8.11. The Bertz CT molecular complexity index is 1130. The van der Waals surface area contributed by atoms with E-state index in [2.05, 4.69) is 28.1 Å². The average molecular weight is 401 g/mol. The van der Waals surface area contributed by atoms with Crippen LogP contribution >= 0.6 is 0 Å². The van der Waals surface area contributed by atoms with E-state index in [-0.39, 0.29) is 11.3 Å². The summed E-state index contributed by atoms with van der Waals surface area (Å²) in [7, 11) is 1.76. The van der Waals surface area contributed by atoms with E-state index in [4.69, 9.17) is 4.74 Å². The van der Waals surface area contributed by atoms with Gasteiger partial charge in [0.25, 0.3) is 5.91 Å². The molecule has 1 aliphatic heterocycles. The van der Waals surface area contributed by atoms with Crippen LogP contribution in [0.2, 0.25) is 0 Å². The number of hydrogen-bond donors (Lipinski definition) is 1. The Labute approximate surface area is 177 Å². The summed E-state index contributed by atoms with van der Waals surface area (Å²) in [5, 5.41) is 1.10. The van der Waals surface area contributed by atoms with Gasteiger partial charge in [-0.1, -0.05) is 18.9 Å². The number of likely N-dealkylation sites (tertiary alicyclic amines) is 1. The zero-order valence-corrected chi connectivity index (χ0v) is 17.5. The second kappa shape index (κ2) is 6.63. The maximum Gasteiger partial charge on any atom is 0.254 e. The van der Waals surface area contributed by atoms with Crippen LogP contribution < -0.4 is 4.74 Å². The number of carbonyl (C=O) groups excluding carboxylic acids is 1. The first kappa shape index (κ1) is 18.1. The Kier molecular flexibility index (Phi) is 3.99. The van der Waals surface area contributed by atoms with Gasteiger partial charge in [0, 0.05) is 40.7 Å². The van der Waals surface area contributed by atoms with Crippen molar-refractivity contribution in [2.24, 2.45) is 5.92 Å². The smallest absolute Gasteiger partial charge is 0.254 e. The number of nitrogens with one attached hydrogen (secondary N) is 1. The Morgan fingerprint density at radius 2 is 2.07 bits per heavy atom. The minimum Gasteiger partial charge on any atom is -0.497 e. The molecule has 2 bridgehead atoms. The minimum atomic E-state index is 0.194. The highest BCUT2D eigenvalue weighted by Gasteiger charge is 2.54. The summed E-state index contributed by atoms with van der Waals surface area (Å²) in [6, 6.07) is 15.0. The number of carbonyl (C=O) groups is 1. The molecule has 4 heteroatoms. The summed E-state index contributed by atoms with van der Waals surface area (Å²) in [5.74, 6) is 1.71. The van der Waals surface area contributed by atoms with Crippen molar-refractivity contribution < 1.29 is 9.53 Å². The van der Waals surface area contributed by atoms with E-state index in [9.17, 15) is 4.79 Å². The van der Waals surface area contributed by atoms with Gasteiger partial charge >= 0.3 is 0 Å². The number of amides is 1. The predicted octanol–water partition coefficient (Wildman–Crippen LogP) is 5.08. The van der Waals surface area contributed by atoms with Gasteiger partial charge in [0.1, 0.15) is 5.75 Å². The minimum absolute atomic E-state index is 0.194. The maximum atomic E-state index is 13.6. The largest absolute Gasteiger partial charge is 0.497 e. The van der Waals surface area contributed by atoms with Crippen LogP contribution in [0.15, 0.2) is 48.7 Å². The van der Waals surface area contributed by atoms with Crippen LogP contribution in [0.1, 0.15) is 53.6 Å². The zero-order valence-electron chi connectivity index (χ0n) is 17.5. The lowest BCUT2D eigenvalue weighted by atomic mass is 9.52. The number of aromatic amines is 1. The van der Waals surface area contributed by atoms with E-state index >= 15 is 0 Å². The molecule has 0 spiro atoms. The summed E-state index contributed by atoms with van der Waals surface area (Å²) in [6.07, 6.45) is 8.99. The normalized spacial score (nSPS) is 27.4. The first-order valence-electron chi connectivity index (χ1n) is 11.3. The number of piperidine rings is 1. The summed E-state index contributed by atoms with van der Waals surface area (Å²) >= 11 is 0. The summed E-state index contributed by atoms with van der Waals surface area (Å²) in [4.78, 5) is 19.1. The molecule has 3 aliphatic rings. The van der Waals surface area contributed by atoms with Gasteiger partial charge in [-0.05, 0) is 79.1 Å². The van der Waals surface area contributed by atoms with Crippen LogP contribution in [-0.2, 0) is 11.8 Å². The molecular weight excluding hydrogens is 372 g/mol. The van der Waals surface area contributed by atoms with Gasteiger partial charge in [0.2, 0.25) is 0 Å². The molecule has 6 rings (SSSR count). The lowest BCUT2D eigenvalue weighted by molar-refractivity contribution is -0.00441. The van der Waals surface area contributed by atoms with Crippen molar-refractivity contribution in [1.29, 1.82) is 0 Å². The zero-order chi connectivity index (χ0) is 20.3. The Hall–Kier alpha value is -2.75. The Balaban J connectivity index is 1.41. The van der Waals surface area contributed by atoms with Crippen molar-refractivity contribution in [1.82, 2.24) is 9.88 Å². The van der Waals surface area contributed by atoms with E-state index in [1.54, 1.807) is 7.11 Å². The average Bonchev–Trinajstić information content (AvgIpc) is 3.26. The van der Waals surface area contributed by atoms with Crippen molar-refractivity contribution in [2.45, 2.75) is 50.0 Å². The van der Waals surface area contributed by atoms with E-state index < -0.39 is 0 Å². The molecule has 2 heterocycles. The molecule has 1 saturated heterocycles. The topological polar surface area (TPSA) is 45.3 Å². The molecule has 0 unspecified atom stereocenters. The molecule has 1 amide bonds. The molecule has 0 radical (unpaired) electrons. The standard InChI is InChI=1S/C26H28N2O2/c1-30-20-7-5-17-15-24-21-4-2-3-10-26(21,22(17)16-20)11-13-28(24)25(29)19-6-8-23-18(14-19)9-12-27-23/h5-9,12,14,16,21,24,27H,2-4,10-11,13,15H2,1H3/t21-,24-,26+/m0/s1. The molecule has 4 nitrogen and oxygen atoms in total. The van der Waals surface area contributed by atoms with Crippen LogP contribution in [0, 0.1) is 5.92 Å². The molecule has 3 atom stereocenters. The second-order valence-electron chi connectivity index (χ2n) is 9.33. The number of ether oxygens (including phenoxy) is 1. The van der Waals surface area contributed by atoms with Crippen LogP contribution in [0.5, 0.6) is 5.75 Å². The van der Waals surface area contributed by atoms with Gasteiger partial charge in [-0.2, -0.15) is 0 Å². The second-order valence-corrected chi connectivity index (χ2v) is 9.33. The molecular formula is C26H28N2O2. The molecule has 2 aliphatic carbocycles. The monoisotopic (exact) mass is 400 g/mol. The highest BCUT2D eigenvalue weighted by Crippen LogP contribution is 2.56. The third-order valence-corrected chi connectivity index (χ3v) is 8.11. The van der Waals surface area contributed by atoms with E-state index in [0.717, 1.165) is 41.6 Å². The number of H-pyrrole nitrogens is 1. The number of rotatable bonds is 2. The van der Waals surface area contributed by atoms with Crippen molar-refractivity contribution in [3.05, 3.63) is 65.4 Å². The fourth-order valence-electron chi connectivity index (χ4n) is 6.72. The number of hydrogen-bond acceptors (Lipinski definition) is 2. The van der Waals surface area contributed by atoms with Crippen molar-refractivity contribution in [2.75, 3.05) is 13.7 Å². The van der Waals surface area contributed by atoms with Crippen molar-refractivity contribution in [3.8, 4) is 5.75 Å². The van der Waals surface area contributed by atoms with Gasteiger partial charge in [0.15, 0.2) is 0 Å². The van der Waals surface area contributed by atoms with Crippen molar-refractivity contribution in [3.63, 3.8) is 0 Å². The Morgan fingerprint density at radius 1 is 1.13 bits per heavy atom. The van der Waals surface area contributed by atoms with Gasteiger partial charge in [-0.3, -0.25) is 4.79 Å². The van der Waals surface area contributed by atoms with E-state index in [1.807, 2.05) is 30.5 Å². The quantitative estimate of drug-likeness (QED) is 0.652. The number of methoxy groups -OCH3 is 1. The molecule has 2 fully saturated rings.